The first-order chi connectivity index (χ1) is 12.3. The van der Waals surface area contributed by atoms with Gasteiger partial charge in [0.1, 0.15) is 0 Å². The fraction of sp³-hybridized carbons (Fsp3) is 0.412. The molecule has 0 bridgehead atoms. The van der Waals surface area contributed by atoms with Gasteiger partial charge in [0.25, 0.3) is 5.79 Å². The SMILES string of the molecule is COC(=O)[CH][CH][CH][CH][C@@H](C)C1C(=O)OC(C)(C)OC1=O.[C-]#[O+].[C-]#[O+].[C-]#[O+].[Fe]. The van der Waals surface area contributed by atoms with Crippen LogP contribution in [-0.2, 0) is 59.6 Å². The Morgan fingerprint density at radius 3 is 1.85 bits per heavy atom. The molecule has 1 saturated heterocycles. The predicted octanol–water partition coefficient (Wildman–Crippen LogP) is 0.950. The number of cyclic esters (lactones) is 2. The zero-order chi connectivity index (χ0) is 21.3. The molecule has 1 fully saturated rings. The second-order valence-corrected chi connectivity index (χ2v) is 4.85. The Morgan fingerprint density at radius 1 is 1.07 bits per heavy atom. The van der Waals surface area contributed by atoms with Crippen LogP contribution in [0, 0.1) is 57.5 Å². The molecule has 10 heteroatoms. The number of ether oxygens (including phenoxy) is 3. The van der Waals surface area contributed by atoms with Crippen LogP contribution in [0.3, 0.4) is 0 Å². The van der Waals surface area contributed by atoms with Crippen molar-refractivity contribution >= 4 is 17.9 Å². The van der Waals surface area contributed by atoms with Crippen molar-refractivity contribution in [3.63, 3.8) is 0 Å². The molecule has 9 nitrogen and oxygen atoms in total. The van der Waals surface area contributed by atoms with E-state index in [1.54, 1.807) is 19.8 Å². The number of unbranched alkanes of at least 4 members (excludes halogenated alkanes) is 1. The van der Waals surface area contributed by atoms with E-state index in [4.69, 9.17) is 23.4 Å². The monoisotopic (exact) mass is 422 g/mol. The van der Waals surface area contributed by atoms with Crippen LogP contribution in [-0.4, -0.2) is 30.8 Å². The smallest absolute Gasteiger partial charge is 0 e. The fourth-order valence-electron chi connectivity index (χ4n) is 1.71. The van der Waals surface area contributed by atoms with Gasteiger partial charge in [-0.25, -0.2) is 0 Å². The number of carbonyl (C=O) groups excluding carboxylic acids is 3. The van der Waals surface area contributed by atoms with Gasteiger partial charge in [-0.2, -0.15) is 0 Å². The number of rotatable bonds is 6. The van der Waals surface area contributed by atoms with Crippen LogP contribution in [0.25, 0.3) is 0 Å². The van der Waals surface area contributed by atoms with E-state index in [-0.39, 0.29) is 17.1 Å². The molecule has 1 aliphatic rings. The van der Waals surface area contributed by atoms with Gasteiger partial charge < -0.3 is 14.2 Å². The Morgan fingerprint density at radius 2 is 1.48 bits per heavy atom. The first-order valence-corrected chi connectivity index (χ1v) is 6.76. The molecule has 1 rings (SSSR count). The van der Waals surface area contributed by atoms with Gasteiger partial charge >= 0.3 is 51.8 Å². The van der Waals surface area contributed by atoms with Crippen molar-refractivity contribution < 1.29 is 59.6 Å². The van der Waals surface area contributed by atoms with Gasteiger partial charge in [-0.3, -0.25) is 14.4 Å². The zero-order valence-electron chi connectivity index (χ0n) is 15.0. The van der Waals surface area contributed by atoms with E-state index in [1.807, 2.05) is 0 Å². The van der Waals surface area contributed by atoms with Crippen molar-refractivity contribution in [1.29, 1.82) is 0 Å². The van der Waals surface area contributed by atoms with Crippen LogP contribution in [0.2, 0.25) is 0 Å². The van der Waals surface area contributed by atoms with Crippen molar-refractivity contribution in [2.24, 2.45) is 11.8 Å². The minimum atomic E-state index is -1.22. The summed E-state index contributed by atoms with van der Waals surface area (Å²) in [6.45, 7) is 18.2. The average Bonchev–Trinajstić information content (AvgIpc) is 2.62. The standard InChI is InChI=1S/C14H18O6.3CO.Fe/c1-9(7-5-6-8-10(15)18-4)11-12(16)19-14(2,3)20-13(11)17;3*1-2;/h5-9,11H,1-4H3;;;;/t9-;;;;/m1..../s1. The molecule has 4 radical (unpaired) electrons. The summed E-state index contributed by atoms with van der Waals surface area (Å²) in [5, 5.41) is 0. The molecule has 0 aromatic carbocycles. The van der Waals surface area contributed by atoms with Crippen molar-refractivity contribution in [3.8, 4) is 0 Å². The maximum absolute atomic E-state index is 11.8. The van der Waals surface area contributed by atoms with E-state index in [1.165, 1.54) is 33.8 Å². The first kappa shape index (κ1) is 32.8. The van der Waals surface area contributed by atoms with Gasteiger partial charge in [-0.05, 0) is 25.2 Å². The third kappa shape index (κ3) is 13.9. The molecule has 0 N–H and O–H groups in total. The number of hydrogen-bond donors (Lipinski definition) is 0. The normalized spacial score (nSPS) is 15.0. The van der Waals surface area contributed by atoms with E-state index in [0.717, 1.165) is 0 Å². The Hall–Kier alpha value is -1.85. The summed E-state index contributed by atoms with van der Waals surface area (Å²) in [6.07, 6.45) is 5.86. The molecule has 0 unspecified atom stereocenters. The van der Waals surface area contributed by atoms with Crippen LogP contribution in [0.5, 0.6) is 0 Å². The molecule has 0 aromatic heterocycles. The molecule has 1 heterocycles. The van der Waals surface area contributed by atoms with Gasteiger partial charge in [0.15, 0.2) is 5.92 Å². The summed E-state index contributed by atoms with van der Waals surface area (Å²) in [6, 6.07) is 0. The van der Waals surface area contributed by atoms with Crippen LogP contribution < -0.4 is 0 Å². The largest absolute Gasteiger partial charge is 0 e. The third-order valence-corrected chi connectivity index (χ3v) is 2.69. The van der Waals surface area contributed by atoms with Gasteiger partial charge in [0, 0.05) is 30.9 Å². The second kappa shape index (κ2) is 18.9. The molecule has 1 atom stereocenters. The summed E-state index contributed by atoms with van der Waals surface area (Å²) >= 11 is 0. The van der Waals surface area contributed by atoms with E-state index in [2.05, 4.69) is 24.7 Å². The number of esters is 3. The molecule has 0 amide bonds. The predicted molar refractivity (Wildman–Crippen MR) is 79.9 cm³/mol. The van der Waals surface area contributed by atoms with Crippen molar-refractivity contribution in [2.75, 3.05) is 7.11 Å². The minimum Gasteiger partial charge on any atom is 0 e. The molecule has 0 aromatic rings. The maximum Gasteiger partial charge on any atom is 0 e. The molecule has 1 aliphatic heterocycles. The van der Waals surface area contributed by atoms with Crippen LogP contribution >= 0.6 is 0 Å². The Labute approximate surface area is 169 Å². The summed E-state index contributed by atoms with van der Waals surface area (Å²) in [5.41, 5.74) is 0. The average molecular weight is 422 g/mol. The van der Waals surface area contributed by atoms with Crippen LogP contribution in [0.4, 0.5) is 0 Å². The molecule has 0 spiro atoms. The number of methoxy groups -OCH3 is 1. The summed E-state index contributed by atoms with van der Waals surface area (Å²) in [7, 11) is 1.27. The Bertz CT molecular complexity index is 474. The minimum absolute atomic E-state index is 0. The second-order valence-electron chi connectivity index (χ2n) is 4.85. The van der Waals surface area contributed by atoms with E-state index in [9.17, 15) is 14.4 Å². The first-order valence-electron chi connectivity index (χ1n) is 6.76. The molecule has 0 saturated carbocycles. The van der Waals surface area contributed by atoms with Crippen LogP contribution in [0.15, 0.2) is 0 Å². The molecule has 27 heavy (non-hydrogen) atoms. The van der Waals surface area contributed by atoms with Gasteiger partial charge in [-0.1, -0.05) is 6.92 Å². The quantitative estimate of drug-likeness (QED) is 0.156. The Kier molecular flexibility index (Phi) is 23.0. The van der Waals surface area contributed by atoms with Crippen LogP contribution in [0.1, 0.15) is 20.8 Å². The maximum atomic E-state index is 11.8. The molecular weight excluding hydrogens is 404 g/mol. The van der Waals surface area contributed by atoms with Crippen molar-refractivity contribution in [1.82, 2.24) is 0 Å². The zero-order valence-corrected chi connectivity index (χ0v) is 16.1. The number of carbonyl (C=O) groups is 3. The molecule has 0 aliphatic carbocycles. The summed E-state index contributed by atoms with van der Waals surface area (Å²) < 4.78 is 37.0. The van der Waals surface area contributed by atoms with E-state index < -0.39 is 35.5 Å². The molecule has 148 valence electrons. The van der Waals surface area contributed by atoms with Crippen molar-refractivity contribution in [3.05, 3.63) is 45.6 Å². The summed E-state index contributed by atoms with van der Waals surface area (Å²) in [5.74, 6) is -4.33. The topological polar surface area (TPSA) is 139 Å². The molecular formula is C17H18FeO9. The van der Waals surface area contributed by atoms with E-state index in [0.29, 0.717) is 0 Å². The van der Waals surface area contributed by atoms with Gasteiger partial charge in [0.2, 0.25) is 0 Å². The van der Waals surface area contributed by atoms with E-state index >= 15 is 0 Å². The Balaban J connectivity index is -0.000000342. The number of hydrogen-bond acceptors (Lipinski definition) is 6. The fourth-order valence-corrected chi connectivity index (χ4v) is 1.71. The van der Waals surface area contributed by atoms with Gasteiger partial charge in [-0.15, -0.1) is 0 Å². The van der Waals surface area contributed by atoms with Crippen molar-refractivity contribution in [2.45, 2.75) is 26.6 Å². The third-order valence-electron chi connectivity index (χ3n) is 2.69. The van der Waals surface area contributed by atoms with Gasteiger partial charge in [0.05, 0.1) is 13.5 Å². The summed E-state index contributed by atoms with van der Waals surface area (Å²) in [4.78, 5) is 34.4.